The summed E-state index contributed by atoms with van der Waals surface area (Å²) in [6, 6.07) is 8.86. The maximum Gasteiger partial charge on any atom is 0.254 e. The minimum Gasteiger partial charge on any atom is -0.337 e. The van der Waals surface area contributed by atoms with Gasteiger partial charge in [-0.2, -0.15) is 5.10 Å². The van der Waals surface area contributed by atoms with Crippen molar-refractivity contribution in [1.82, 2.24) is 25.0 Å². The van der Waals surface area contributed by atoms with Gasteiger partial charge in [0.05, 0.1) is 6.54 Å². The Hall–Kier alpha value is -2.21. The molecule has 3 heterocycles. The molecule has 6 nitrogen and oxygen atoms in total. The van der Waals surface area contributed by atoms with Crippen LogP contribution in [0.1, 0.15) is 35.2 Å². The molecule has 1 amide bonds. The van der Waals surface area contributed by atoms with Crippen molar-refractivity contribution < 1.29 is 4.79 Å². The Bertz CT molecular complexity index is 684. The molecule has 2 atom stereocenters. The quantitative estimate of drug-likeness (QED) is 0.928. The van der Waals surface area contributed by atoms with E-state index in [2.05, 4.69) is 15.4 Å². The van der Waals surface area contributed by atoms with Gasteiger partial charge in [0.2, 0.25) is 0 Å². The number of nitrogens with one attached hydrogen (secondary N) is 1. The molecule has 6 heteroatoms. The highest BCUT2D eigenvalue weighted by atomic mass is 16.2. The number of hydrogen-bond acceptors (Lipinski definition) is 4. The zero-order chi connectivity index (χ0) is 15.6. The third kappa shape index (κ3) is 2.99. The number of hydrogen-bond donors (Lipinski definition) is 1. The van der Waals surface area contributed by atoms with E-state index in [9.17, 15) is 4.79 Å². The van der Waals surface area contributed by atoms with E-state index < -0.39 is 0 Å². The molecule has 2 saturated heterocycles. The summed E-state index contributed by atoms with van der Waals surface area (Å²) in [6.45, 7) is 2.22. The third-order valence-corrected chi connectivity index (χ3v) is 4.86. The van der Waals surface area contributed by atoms with Gasteiger partial charge in [0, 0.05) is 30.7 Å². The van der Waals surface area contributed by atoms with Crippen LogP contribution in [0.5, 0.6) is 0 Å². The van der Waals surface area contributed by atoms with Crippen molar-refractivity contribution >= 4 is 5.91 Å². The van der Waals surface area contributed by atoms with Crippen LogP contribution < -0.4 is 5.32 Å². The summed E-state index contributed by atoms with van der Waals surface area (Å²) in [5.41, 5.74) is 1.77. The van der Waals surface area contributed by atoms with Gasteiger partial charge in [0.1, 0.15) is 12.7 Å². The summed E-state index contributed by atoms with van der Waals surface area (Å²) in [4.78, 5) is 19.0. The van der Waals surface area contributed by atoms with Crippen LogP contribution in [0.25, 0.3) is 0 Å². The molecule has 0 aliphatic carbocycles. The second kappa shape index (κ2) is 6.12. The first kappa shape index (κ1) is 14.4. The summed E-state index contributed by atoms with van der Waals surface area (Å²) in [7, 11) is 0. The van der Waals surface area contributed by atoms with Crippen molar-refractivity contribution in [2.24, 2.45) is 0 Å². The lowest BCUT2D eigenvalue weighted by Gasteiger charge is -2.25. The third-order valence-electron chi connectivity index (χ3n) is 4.86. The number of carbonyl (C=O) groups excluding carboxylic acids is 1. The van der Waals surface area contributed by atoms with E-state index in [0.29, 0.717) is 18.6 Å². The van der Waals surface area contributed by atoms with Gasteiger partial charge in [0.25, 0.3) is 5.91 Å². The van der Waals surface area contributed by atoms with Crippen molar-refractivity contribution in [3.63, 3.8) is 0 Å². The summed E-state index contributed by atoms with van der Waals surface area (Å²) in [6.07, 6.45) is 6.66. The first-order chi connectivity index (χ1) is 11.3. The molecular formula is C17H21N5O. The molecule has 2 fully saturated rings. The first-order valence-corrected chi connectivity index (χ1v) is 8.25. The zero-order valence-corrected chi connectivity index (χ0v) is 13.1. The SMILES string of the molecule is O=C(c1ccccc1Cn1cncn1)N1CCC2CCC(C1)N2. The maximum absolute atomic E-state index is 13.0. The molecule has 4 rings (SSSR count). The van der Waals surface area contributed by atoms with Crippen molar-refractivity contribution in [2.75, 3.05) is 13.1 Å². The molecule has 2 aliphatic rings. The van der Waals surface area contributed by atoms with Gasteiger partial charge in [-0.1, -0.05) is 18.2 Å². The minimum absolute atomic E-state index is 0.134. The van der Waals surface area contributed by atoms with Gasteiger partial charge in [-0.15, -0.1) is 0 Å². The zero-order valence-electron chi connectivity index (χ0n) is 13.1. The Balaban J connectivity index is 1.56. The molecule has 120 valence electrons. The highest BCUT2D eigenvalue weighted by Gasteiger charge is 2.31. The molecule has 2 aromatic rings. The highest BCUT2D eigenvalue weighted by Crippen LogP contribution is 2.22. The highest BCUT2D eigenvalue weighted by molar-refractivity contribution is 5.95. The van der Waals surface area contributed by atoms with Crippen LogP contribution in [-0.2, 0) is 6.54 Å². The molecule has 1 aromatic heterocycles. The lowest BCUT2D eigenvalue weighted by Crippen LogP contribution is -2.39. The first-order valence-electron chi connectivity index (χ1n) is 8.25. The van der Waals surface area contributed by atoms with Gasteiger partial charge in [-0.05, 0) is 30.9 Å². The molecule has 0 spiro atoms. The minimum atomic E-state index is 0.134. The average molecular weight is 311 g/mol. The van der Waals surface area contributed by atoms with E-state index in [1.54, 1.807) is 11.0 Å². The maximum atomic E-state index is 13.0. The van der Waals surface area contributed by atoms with Crippen LogP contribution in [0.4, 0.5) is 0 Å². The molecule has 0 radical (unpaired) electrons. The predicted molar refractivity (Wildman–Crippen MR) is 86.0 cm³/mol. The smallest absolute Gasteiger partial charge is 0.254 e. The van der Waals surface area contributed by atoms with Crippen molar-refractivity contribution in [3.05, 3.63) is 48.0 Å². The van der Waals surface area contributed by atoms with E-state index in [1.807, 2.05) is 29.2 Å². The van der Waals surface area contributed by atoms with Gasteiger partial charge < -0.3 is 10.2 Å². The number of fused-ring (bicyclic) bond motifs is 2. The molecular weight excluding hydrogens is 290 g/mol. The normalized spacial score (nSPS) is 23.7. The molecule has 1 N–H and O–H groups in total. The van der Waals surface area contributed by atoms with E-state index in [1.165, 1.54) is 19.2 Å². The number of likely N-dealkylation sites (tertiary alicyclic amines) is 1. The number of rotatable bonds is 3. The fourth-order valence-corrected chi connectivity index (χ4v) is 3.65. The van der Waals surface area contributed by atoms with E-state index in [0.717, 1.165) is 30.6 Å². The van der Waals surface area contributed by atoms with Crippen LogP contribution in [0.15, 0.2) is 36.9 Å². The van der Waals surface area contributed by atoms with E-state index in [4.69, 9.17) is 0 Å². The lowest BCUT2D eigenvalue weighted by molar-refractivity contribution is 0.0747. The Morgan fingerprint density at radius 2 is 2.09 bits per heavy atom. The van der Waals surface area contributed by atoms with Crippen molar-refractivity contribution in [1.29, 1.82) is 0 Å². The number of benzene rings is 1. The standard InChI is InChI=1S/C17H21N5O/c23-17(21-8-7-14-5-6-15(10-21)20-14)16-4-2-1-3-13(16)9-22-12-18-11-19-22/h1-4,11-12,14-15,20H,5-10H2. The number of carbonyl (C=O) groups is 1. The van der Waals surface area contributed by atoms with E-state index >= 15 is 0 Å². The lowest BCUT2D eigenvalue weighted by atomic mass is 10.0. The fraction of sp³-hybridized carbons (Fsp3) is 0.471. The summed E-state index contributed by atoms with van der Waals surface area (Å²) in [5, 5.41) is 7.77. The number of nitrogens with zero attached hydrogens (tertiary/aromatic N) is 4. The largest absolute Gasteiger partial charge is 0.337 e. The Morgan fingerprint density at radius 3 is 2.96 bits per heavy atom. The Kier molecular flexibility index (Phi) is 3.83. The summed E-state index contributed by atoms with van der Waals surface area (Å²) >= 11 is 0. The molecule has 2 aliphatic heterocycles. The predicted octanol–water partition coefficient (Wildman–Crippen LogP) is 1.29. The summed E-state index contributed by atoms with van der Waals surface area (Å²) in [5.74, 6) is 0.134. The van der Waals surface area contributed by atoms with Crippen LogP contribution in [0, 0.1) is 0 Å². The van der Waals surface area contributed by atoms with Gasteiger partial charge >= 0.3 is 0 Å². The van der Waals surface area contributed by atoms with Gasteiger partial charge in [-0.25, -0.2) is 9.67 Å². The average Bonchev–Trinajstić information content (AvgIpc) is 3.17. The summed E-state index contributed by atoms with van der Waals surface area (Å²) < 4.78 is 1.75. The fourth-order valence-electron chi connectivity index (χ4n) is 3.65. The molecule has 0 saturated carbocycles. The van der Waals surface area contributed by atoms with Gasteiger partial charge in [-0.3, -0.25) is 4.79 Å². The monoisotopic (exact) mass is 311 g/mol. The molecule has 2 unspecified atom stereocenters. The van der Waals surface area contributed by atoms with Crippen LogP contribution >= 0.6 is 0 Å². The van der Waals surface area contributed by atoms with Gasteiger partial charge in [0.15, 0.2) is 0 Å². The topological polar surface area (TPSA) is 63.1 Å². The number of amides is 1. The molecule has 1 aromatic carbocycles. The van der Waals surface area contributed by atoms with E-state index in [-0.39, 0.29) is 5.91 Å². The Morgan fingerprint density at radius 1 is 1.22 bits per heavy atom. The van der Waals surface area contributed by atoms with Crippen LogP contribution in [-0.4, -0.2) is 50.7 Å². The second-order valence-electron chi connectivity index (χ2n) is 6.43. The second-order valence-corrected chi connectivity index (χ2v) is 6.43. The number of aromatic nitrogens is 3. The van der Waals surface area contributed by atoms with Crippen molar-refractivity contribution in [3.8, 4) is 0 Å². The van der Waals surface area contributed by atoms with Crippen molar-refractivity contribution in [2.45, 2.75) is 37.9 Å². The molecule has 2 bridgehead atoms. The molecule has 23 heavy (non-hydrogen) atoms. The van der Waals surface area contributed by atoms with Crippen LogP contribution in [0.2, 0.25) is 0 Å². The van der Waals surface area contributed by atoms with Crippen LogP contribution in [0.3, 0.4) is 0 Å². The Labute approximate surface area is 135 Å².